The minimum atomic E-state index is -0.291. The number of hydrogen-bond acceptors (Lipinski definition) is 4. The Morgan fingerprint density at radius 2 is 2.12 bits per heavy atom. The molecule has 1 fully saturated rings. The summed E-state index contributed by atoms with van der Waals surface area (Å²) < 4.78 is 1.73. The van der Waals surface area contributed by atoms with Crippen molar-refractivity contribution >= 4 is 11.8 Å². The highest BCUT2D eigenvalue weighted by atomic mass is 16.2. The summed E-state index contributed by atoms with van der Waals surface area (Å²) in [6.45, 7) is 2.55. The van der Waals surface area contributed by atoms with Gasteiger partial charge in [-0.25, -0.2) is 0 Å². The largest absolute Gasteiger partial charge is 0.355 e. The molecule has 0 unspecified atom stereocenters. The highest BCUT2D eigenvalue weighted by molar-refractivity contribution is 5.84. The Bertz CT molecular complexity index is 801. The van der Waals surface area contributed by atoms with Gasteiger partial charge in [-0.3, -0.25) is 19.3 Å². The fourth-order valence-electron chi connectivity index (χ4n) is 3.61. The number of pyridine rings is 1. The van der Waals surface area contributed by atoms with E-state index in [9.17, 15) is 9.59 Å². The summed E-state index contributed by atoms with van der Waals surface area (Å²) >= 11 is 0. The molecule has 3 heterocycles. The van der Waals surface area contributed by atoms with Crippen LogP contribution in [-0.2, 0) is 23.1 Å². The molecule has 1 saturated heterocycles. The van der Waals surface area contributed by atoms with Crippen LogP contribution in [0.4, 0.5) is 0 Å². The van der Waals surface area contributed by atoms with Gasteiger partial charge in [-0.2, -0.15) is 5.10 Å². The van der Waals surface area contributed by atoms with E-state index in [0.717, 1.165) is 17.0 Å². The summed E-state index contributed by atoms with van der Waals surface area (Å²) in [5.74, 6) is -0.244. The normalized spacial score (nSPS) is 20.3. The summed E-state index contributed by atoms with van der Waals surface area (Å²) in [7, 11) is 3.59. The number of hydrogen-bond donors (Lipinski definition) is 1. The Morgan fingerprint density at radius 3 is 2.81 bits per heavy atom. The molecule has 0 radical (unpaired) electrons. The van der Waals surface area contributed by atoms with Gasteiger partial charge in [-0.05, 0) is 31.0 Å². The number of nitrogens with one attached hydrogen (secondary N) is 1. The quantitative estimate of drug-likeness (QED) is 0.879. The second kappa shape index (κ2) is 7.68. The standard InChI is InChI=1S/C19H25N5O2/c1-13-5-4-10-20-15(13)8-11-21-19(26)14-6-7-17(25)23(2)18(14)16-9-12-22-24(16)3/h4-5,9-10,12,14,18H,6-8,11H2,1-3H3,(H,21,26)/t14-,18-/m0/s1. The van der Waals surface area contributed by atoms with Crippen molar-refractivity contribution in [3.05, 3.63) is 47.5 Å². The number of likely N-dealkylation sites (tertiary alicyclic amines) is 1. The van der Waals surface area contributed by atoms with Crippen LogP contribution in [-0.4, -0.2) is 45.1 Å². The first-order chi connectivity index (χ1) is 12.5. The van der Waals surface area contributed by atoms with E-state index in [1.165, 1.54) is 0 Å². The number of carbonyl (C=O) groups excluding carboxylic acids is 2. The van der Waals surface area contributed by atoms with Gasteiger partial charge in [0.05, 0.1) is 17.7 Å². The van der Waals surface area contributed by atoms with Crippen molar-refractivity contribution in [3.8, 4) is 0 Å². The topological polar surface area (TPSA) is 80.1 Å². The molecule has 0 aliphatic carbocycles. The monoisotopic (exact) mass is 355 g/mol. The number of aryl methyl sites for hydroxylation is 2. The van der Waals surface area contributed by atoms with Gasteiger partial charge in [0.25, 0.3) is 0 Å². The van der Waals surface area contributed by atoms with Crippen molar-refractivity contribution < 1.29 is 9.59 Å². The highest BCUT2D eigenvalue weighted by Gasteiger charge is 2.40. The summed E-state index contributed by atoms with van der Waals surface area (Å²) in [5.41, 5.74) is 2.99. The van der Waals surface area contributed by atoms with E-state index in [1.807, 2.05) is 32.2 Å². The van der Waals surface area contributed by atoms with Crippen LogP contribution in [0.15, 0.2) is 30.6 Å². The molecule has 0 aromatic carbocycles. The SMILES string of the molecule is Cc1cccnc1CCNC(=O)[C@H]1CCC(=O)N(C)[C@@H]1c1ccnn1C. The number of amides is 2. The van der Waals surface area contributed by atoms with E-state index in [-0.39, 0.29) is 23.8 Å². The summed E-state index contributed by atoms with van der Waals surface area (Å²) in [4.78, 5) is 31.1. The lowest BCUT2D eigenvalue weighted by Gasteiger charge is -2.38. The van der Waals surface area contributed by atoms with Crippen LogP contribution in [0.5, 0.6) is 0 Å². The lowest BCUT2D eigenvalue weighted by Crippen LogP contribution is -2.47. The number of nitrogens with zero attached hydrogens (tertiary/aromatic N) is 4. The van der Waals surface area contributed by atoms with E-state index in [0.29, 0.717) is 25.8 Å². The van der Waals surface area contributed by atoms with E-state index >= 15 is 0 Å². The molecule has 2 aromatic heterocycles. The van der Waals surface area contributed by atoms with Gasteiger partial charge in [0, 0.05) is 51.6 Å². The predicted octanol–water partition coefficient (Wildman–Crippen LogP) is 1.39. The number of carbonyl (C=O) groups is 2. The molecule has 1 aliphatic heterocycles. The molecular weight excluding hydrogens is 330 g/mol. The smallest absolute Gasteiger partial charge is 0.225 e. The second-order valence-corrected chi connectivity index (χ2v) is 6.78. The molecule has 1 N–H and O–H groups in total. The zero-order valence-electron chi connectivity index (χ0n) is 15.5. The molecule has 7 heteroatoms. The molecule has 0 spiro atoms. The third kappa shape index (κ3) is 3.61. The molecule has 2 aromatic rings. The third-order valence-electron chi connectivity index (χ3n) is 5.14. The maximum Gasteiger partial charge on any atom is 0.225 e. The predicted molar refractivity (Wildman–Crippen MR) is 97.1 cm³/mol. The Morgan fingerprint density at radius 1 is 1.31 bits per heavy atom. The summed E-state index contributed by atoms with van der Waals surface area (Å²) in [5, 5.41) is 7.22. The number of piperidine rings is 1. The fraction of sp³-hybridized carbons (Fsp3) is 0.474. The maximum absolute atomic E-state index is 12.8. The number of aromatic nitrogens is 3. The molecular formula is C19H25N5O2. The lowest BCUT2D eigenvalue weighted by atomic mass is 9.86. The summed E-state index contributed by atoms with van der Waals surface area (Å²) in [6.07, 6.45) is 5.09. The van der Waals surface area contributed by atoms with Crippen LogP contribution in [0, 0.1) is 12.8 Å². The van der Waals surface area contributed by atoms with Gasteiger partial charge in [0.15, 0.2) is 0 Å². The van der Waals surface area contributed by atoms with Crippen LogP contribution in [0.2, 0.25) is 0 Å². The highest BCUT2D eigenvalue weighted by Crippen LogP contribution is 2.35. The lowest BCUT2D eigenvalue weighted by molar-refractivity contribution is -0.141. The molecule has 2 amide bonds. The van der Waals surface area contributed by atoms with Crippen molar-refractivity contribution in [1.82, 2.24) is 25.0 Å². The van der Waals surface area contributed by atoms with Crippen LogP contribution in [0.1, 0.15) is 35.8 Å². The van der Waals surface area contributed by atoms with E-state index in [1.54, 1.807) is 29.0 Å². The summed E-state index contributed by atoms with van der Waals surface area (Å²) in [6, 6.07) is 5.51. The van der Waals surface area contributed by atoms with Crippen LogP contribution < -0.4 is 5.32 Å². The third-order valence-corrected chi connectivity index (χ3v) is 5.14. The average molecular weight is 355 g/mol. The minimum Gasteiger partial charge on any atom is -0.355 e. The minimum absolute atomic E-state index is 0.0239. The number of rotatable bonds is 5. The first-order valence-electron chi connectivity index (χ1n) is 8.91. The van der Waals surface area contributed by atoms with Gasteiger partial charge in [-0.1, -0.05) is 6.07 Å². The average Bonchev–Trinajstić information content (AvgIpc) is 3.04. The molecule has 0 bridgehead atoms. The van der Waals surface area contributed by atoms with Gasteiger partial charge in [0.1, 0.15) is 0 Å². The molecule has 1 aliphatic rings. The molecule has 0 saturated carbocycles. The second-order valence-electron chi connectivity index (χ2n) is 6.78. The van der Waals surface area contributed by atoms with Gasteiger partial charge in [-0.15, -0.1) is 0 Å². The molecule has 7 nitrogen and oxygen atoms in total. The van der Waals surface area contributed by atoms with E-state index in [2.05, 4.69) is 15.4 Å². The fourth-order valence-corrected chi connectivity index (χ4v) is 3.61. The van der Waals surface area contributed by atoms with Crippen LogP contribution in [0.25, 0.3) is 0 Å². The first kappa shape index (κ1) is 18.1. The van der Waals surface area contributed by atoms with E-state index < -0.39 is 0 Å². The molecule has 3 rings (SSSR count). The zero-order valence-corrected chi connectivity index (χ0v) is 15.5. The van der Waals surface area contributed by atoms with Gasteiger partial charge in [0.2, 0.25) is 11.8 Å². The Kier molecular flexibility index (Phi) is 5.35. The first-order valence-corrected chi connectivity index (χ1v) is 8.91. The van der Waals surface area contributed by atoms with E-state index in [4.69, 9.17) is 0 Å². The molecule has 138 valence electrons. The molecule has 26 heavy (non-hydrogen) atoms. The van der Waals surface area contributed by atoms with Gasteiger partial charge >= 0.3 is 0 Å². The van der Waals surface area contributed by atoms with Crippen molar-refractivity contribution in [2.45, 2.75) is 32.2 Å². The van der Waals surface area contributed by atoms with Crippen molar-refractivity contribution in [3.63, 3.8) is 0 Å². The maximum atomic E-state index is 12.8. The van der Waals surface area contributed by atoms with Crippen LogP contribution >= 0.6 is 0 Å². The Labute approximate surface area is 153 Å². The van der Waals surface area contributed by atoms with Crippen molar-refractivity contribution in [1.29, 1.82) is 0 Å². The van der Waals surface area contributed by atoms with Crippen LogP contribution in [0.3, 0.4) is 0 Å². The van der Waals surface area contributed by atoms with Crippen molar-refractivity contribution in [2.24, 2.45) is 13.0 Å². The Hall–Kier alpha value is -2.70. The molecule has 2 atom stereocenters. The van der Waals surface area contributed by atoms with Gasteiger partial charge < -0.3 is 10.2 Å². The van der Waals surface area contributed by atoms with Crippen molar-refractivity contribution in [2.75, 3.05) is 13.6 Å². The zero-order chi connectivity index (χ0) is 18.7. The Balaban J connectivity index is 1.69.